The number of halogens is 3. The Morgan fingerprint density at radius 1 is 1.18 bits per heavy atom. The van der Waals surface area contributed by atoms with Crippen LogP contribution >= 0.6 is 0 Å². The van der Waals surface area contributed by atoms with Crippen molar-refractivity contribution in [3.63, 3.8) is 0 Å². The van der Waals surface area contributed by atoms with Crippen LogP contribution in [0.25, 0.3) is 0 Å². The zero-order valence-corrected chi connectivity index (χ0v) is 15.6. The Bertz CT molecular complexity index is 805. The lowest BCUT2D eigenvalue weighted by Crippen LogP contribution is -2.40. The molecule has 1 saturated carbocycles. The largest absolute Gasteiger partial charge is 0.468 e. The number of aromatic nitrogens is 1. The molecule has 150 valence electrons. The number of pyridine rings is 1. The Labute approximate surface area is 162 Å². The molecule has 0 amide bonds. The predicted molar refractivity (Wildman–Crippen MR) is 101 cm³/mol. The zero-order valence-electron chi connectivity index (χ0n) is 15.6. The van der Waals surface area contributed by atoms with E-state index in [1.54, 1.807) is 13.1 Å². The van der Waals surface area contributed by atoms with Gasteiger partial charge in [-0.25, -0.2) is 4.98 Å². The highest BCUT2D eigenvalue weighted by Gasteiger charge is 2.44. The number of hydrogen-bond acceptors (Lipinski definition) is 3. The SMILES string of the molecule is CN=C(NCc1ccnc(OCC(F)(F)F)c1)NCC1(c2ccccc2)CC1. The Morgan fingerprint density at radius 3 is 2.57 bits per heavy atom. The Morgan fingerprint density at radius 2 is 1.93 bits per heavy atom. The monoisotopic (exact) mass is 392 g/mol. The maximum atomic E-state index is 12.3. The van der Waals surface area contributed by atoms with Crippen LogP contribution in [0.1, 0.15) is 24.0 Å². The fourth-order valence-corrected chi connectivity index (χ4v) is 2.96. The topological polar surface area (TPSA) is 58.5 Å². The zero-order chi connectivity index (χ0) is 20.0. The van der Waals surface area contributed by atoms with E-state index >= 15 is 0 Å². The summed E-state index contributed by atoms with van der Waals surface area (Å²) in [7, 11) is 1.68. The number of ether oxygens (including phenoxy) is 1. The molecule has 2 aromatic rings. The third kappa shape index (κ3) is 5.61. The Hall–Kier alpha value is -2.77. The lowest BCUT2D eigenvalue weighted by Gasteiger charge is -2.19. The van der Waals surface area contributed by atoms with Crippen molar-refractivity contribution >= 4 is 5.96 Å². The summed E-state index contributed by atoms with van der Waals surface area (Å²) in [6.45, 7) is -0.197. The van der Waals surface area contributed by atoms with Gasteiger partial charge >= 0.3 is 6.18 Å². The molecule has 1 aliphatic rings. The van der Waals surface area contributed by atoms with E-state index in [1.807, 2.05) is 18.2 Å². The van der Waals surface area contributed by atoms with Crippen molar-refractivity contribution in [2.24, 2.45) is 4.99 Å². The minimum Gasteiger partial charge on any atom is -0.468 e. The van der Waals surface area contributed by atoms with E-state index in [4.69, 9.17) is 0 Å². The number of guanidine groups is 1. The summed E-state index contributed by atoms with van der Waals surface area (Å²) in [5, 5.41) is 6.51. The van der Waals surface area contributed by atoms with Gasteiger partial charge in [-0.05, 0) is 30.0 Å². The maximum absolute atomic E-state index is 12.3. The van der Waals surface area contributed by atoms with Crippen molar-refractivity contribution < 1.29 is 17.9 Å². The summed E-state index contributed by atoms with van der Waals surface area (Å²) in [6, 6.07) is 13.6. The van der Waals surface area contributed by atoms with Gasteiger partial charge < -0.3 is 15.4 Å². The fraction of sp³-hybridized carbons (Fsp3) is 0.400. The molecule has 1 aromatic carbocycles. The lowest BCUT2D eigenvalue weighted by atomic mass is 9.96. The first-order valence-corrected chi connectivity index (χ1v) is 9.05. The highest BCUT2D eigenvalue weighted by atomic mass is 19.4. The van der Waals surface area contributed by atoms with E-state index < -0.39 is 12.8 Å². The van der Waals surface area contributed by atoms with E-state index in [2.05, 4.69) is 37.5 Å². The highest BCUT2D eigenvalue weighted by molar-refractivity contribution is 5.79. The summed E-state index contributed by atoms with van der Waals surface area (Å²) in [5.74, 6) is 0.581. The number of rotatable bonds is 7. The van der Waals surface area contributed by atoms with Crippen LogP contribution < -0.4 is 15.4 Å². The molecular weight excluding hydrogens is 369 g/mol. The minimum absolute atomic E-state index is 0.0550. The van der Waals surface area contributed by atoms with E-state index in [9.17, 15) is 13.2 Å². The van der Waals surface area contributed by atoms with E-state index in [1.165, 1.54) is 17.8 Å². The Kier molecular flexibility index (Phi) is 6.06. The summed E-state index contributed by atoms with van der Waals surface area (Å²) in [6.07, 6.45) is -0.705. The van der Waals surface area contributed by atoms with Gasteiger partial charge in [-0.3, -0.25) is 4.99 Å². The molecule has 0 bridgehead atoms. The minimum atomic E-state index is -4.39. The molecule has 8 heteroatoms. The normalized spacial score (nSPS) is 15.8. The third-order valence-corrected chi connectivity index (χ3v) is 4.70. The van der Waals surface area contributed by atoms with Gasteiger partial charge in [0.1, 0.15) is 0 Å². The van der Waals surface area contributed by atoms with Crippen molar-refractivity contribution in [3.05, 3.63) is 59.8 Å². The number of alkyl halides is 3. The van der Waals surface area contributed by atoms with Crippen LogP contribution in [-0.2, 0) is 12.0 Å². The van der Waals surface area contributed by atoms with Crippen LogP contribution in [0.2, 0.25) is 0 Å². The van der Waals surface area contributed by atoms with Gasteiger partial charge in [0.2, 0.25) is 5.88 Å². The molecule has 3 rings (SSSR count). The van der Waals surface area contributed by atoms with Gasteiger partial charge in [-0.2, -0.15) is 13.2 Å². The molecule has 0 spiro atoms. The lowest BCUT2D eigenvalue weighted by molar-refractivity contribution is -0.154. The highest BCUT2D eigenvalue weighted by Crippen LogP contribution is 2.47. The standard InChI is InChI=1S/C20H23F3N4O/c1-24-18(27-13-19(8-9-19)16-5-3-2-4-6-16)26-12-15-7-10-25-17(11-15)28-14-20(21,22)23/h2-7,10-11H,8-9,12-14H2,1H3,(H2,24,26,27). The van der Waals surface area contributed by atoms with E-state index in [0.29, 0.717) is 12.5 Å². The number of nitrogens with zero attached hydrogens (tertiary/aromatic N) is 2. The molecule has 0 atom stereocenters. The van der Waals surface area contributed by atoms with Crippen molar-refractivity contribution in [1.29, 1.82) is 0 Å². The second kappa shape index (κ2) is 8.50. The van der Waals surface area contributed by atoms with Crippen LogP contribution in [0.3, 0.4) is 0 Å². The fourth-order valence-electron chi connectivity index (χ4n) is 2.96. The summed E-state index contributed by atoms with van der Waals surface area (Å²) >= 11 is 0. The molecule has 1 heterocycles. The number of benzene rings is 1. The average molecular weight is 392 g/mol. The second-order valence-electron chi connectivity index (χ2n) is 6.83. The van der Waals surface area contributed by atoms with Gasteiger partial charge in [-0.1, -0.05) is 30.3 Å². The predicted octanol–water partition coefficient (Wildman–Crippen LogP) is 3.42. The Balaban J connectivity index is 1.51. The number of nitrogens with one attached hydrogen (secondary N) is 2. The van der Waals surface area contributed by atoms with Gasteiger partial charge in [0.05, 0.1) is 0 Å². The average Bonchev–Trinajstić information content (AvgIpc) is 3.48. The summed E-state index contributed by atoms with van der Waals surface area (Å²) < 4.78 is 41.5. The van der Waals surface area contributed by atoms with Crippen molar-refractivity contribution in [2.75, 3.05) is 20.2 Å². The van der Waals surface area contributed by atoms with Gasteiger partial charge in [-0.15, -0.1) is 0 Å². The smallest absolute Gasteiger partial charge is 0.422 e. The summed E-state index contributed by atoms with van der Waals surface area (Å²) in [4.78, 5) is 8.02. The molecular formula is C20H23F3N4O. The van der Waals surface area contributed by atoms with Crippen molar-refractivity contribution in [2.45, 2.75) is 31.0 Å². The molecule has 0 aliphatic heterocycles. The first-order valence-electron chi connectivity index (χ1n) is 9.05. The molecule has 1 fully saturated rings. The molecule has 0 radical (unpaired) electrons. The second-order valence-corrected chi connectivity index (χ2v) is 6.83. The van der Waals surface area contributed by atoms with Crippen LogP contribution in [0, 0.1) is 0 Å². The van der Waals surface area contributed by atoms with E-state index in [-0.39, 0.29) is 11.3 Å². The molecule has 0 saturated heterocycles. The molecule has 1 aromatic heterocycles. The van der Waals surface area contributed by atoms with Gasteiger partial charge in [0.15, 0.2) is 12.6 Å². The number of aliphatic imine (C=N–C) groups is 1. The maximum Gasteiger partial charge on any atom is 0.422 e. The summed E-state index contributed by atoms with van der Waals surface area (Å²) in [5.41, 5.74) is 2.21. The van der Waals surface area contributed by atoms with E-state index in [0.717, 1.165) is 24.9 Å². The molecule has 5 nitrogen and oxygen atoms in total. The first kappa shape index (κ1) is 20.0. The van der Waals surface area contributed by atoms with Crippen LogP contribution in [0.15, 0.2) is 53.7 Å². The number of hydrogen-bond donors (Lipinski definition) is 2. The van der Waals surface area contributed by atoms with Crippen LogP contribution in [0.4, 0.5) is 13.2 Å². The van der Waals surface area contributed by atoms with Gasteiger partial charge in [0.25, 0.3) is 0 Å². The molecule has 28 heavy (non-hydrogen) atoms. The molecule has 1 aliphatic carbocycles. The van der Waals surface area contributed by atoms with Gasteiger partial charge in [0, 0.05) is 37.8 Å². The van der Waals surface area contributed by atoms with Crippen LogP contribution in [-0.4, -0.2) is 37.3 Å². The van der Waals surface area contributed by atoms with Crippen LogP contribution in [0.5, 0.6) is 5.88 Å². The molecule has 0 unspecified atom stereocenters. The molecule has 2 N–H and O–H groups in total. The van der Waals surface area contributed by atoms with Crippen molar-refractivity contribution in [3.8, 4) is 5.88 Å². The first-order chi connectivity index (χ1) is 13.4. The quantitative estimate of drug-likeness (QED) is 0.560. The third-order valence-electron chi connectivity index (χ3n) is 4.70. The van der Waals surface area contributed by atoms with Crippen molar-refractivity contribution in [1.82, 2.24) is 15.6 Å².